The summed E-state index contributed by atoms with van der Waals surface area (Å²) in [5.41, 5.74) is 0.545. The molecule has 1 aromatic carbocycles. The topological polar surface area (TPSA) is 57.6 Å². The summed E-state index contributed by atoms with van der Waals surface area (Å²) in [5, 5.41) is 8.81. The van der Waals surface area contributed by atoms with Gasteiger partial charge in [0.05, 0.1) is 0 Å². The van der Waals surface area contributed by atoms with E-state index in [0.717, 1.165) is 0 Å². The van der Waals surface area contributed by atoms with Crippen molar-refractivity contribution in [3.8, 4) is 0 Å². The van der Waals surface area contributed by atoms with E-state index < -0.39 is 12.0 Å². The van der Waals surface area contributed by atoms with E-state index in [-0.39, 0.29) is 36.9 Å². The predicted octanol–water partition coefficient (Wildman–Crippen LogP) is -1.90. The van der Waals surface area contributed by atoms with E-state index >= 15 is 0 Å². The van der Waals surface area contributed by atoms with Crippen LogP contribution in [-0.4, -0.2) is 34.5 Å². The Labute approximate surface area is 117 Å². The minimum absolute atomic E-state index is 0. The predicted molar refractivity (Wildman–Crippen MR) is 54.6 cm³/mol. The number of carbonyl (C=O) groups is 2. The van der Waals surface area contributed by atoms with E-state index in [9.17, 15) is 9.59 Å². The smallest absolute Gasteiger partial charge is 1.00 e. The minimum atomic E-state index is -0.925. The van der Waals surface area contributed by atoms with Crippen molar-refractivity contribution in [3.63, 3.8) is 0 Å². The largest absolute Gasteiger partial charge is 1.00 e. The Hall–Kier alpha value is -0.840. The van der Waals surface area contributed by atoms with Crippen LogP contribution in [0.2, 0.25) is 0 Å². The Morgan fingerprint density at radius 2 is 1.94 bits per heavy atom. The van der Waals surface area contributed by atoms with Gasteiger partial charge < -0.3 is 11.4 Å². The van der Waals surface area contributed by atoms with Gasteiger partial charge >= 0.3 is 35.5 Å². The van der Waals surface area contributed by atoms with Crippen LogP contribution in [0.5, 0.6) is 0 Å². The van der Waals surface area contributed by atoms with Crippen molar-refractivity contribution >= 4 is 11.9 Å². The zero-order valence-electron chi connectivity index (χ0n) is 10.1. The summed E-state index contributed by atoms with van der Waals surface area (Å²) in [6.07, 6.45) is 0.550. The van der Waals surface area contributed by atoms with Crippen molar-refractivity contribution in [3.05, 3.63) is 35.9 Å². The van der Waals surface area contributed by atoms with E-state index in [2.05, 4.69) is 0 Å². The normalized spacial score (nSPS) is 18.2. The van der Waals surface area contributed by atoms with Crippen molar-refractivity contribution in [2.75, 3.05) is 6.54 Å². The van der Waals surface area contributed by atoms with Crippen LogP contribution >= 0.6 is 0 Å². The van der Waals surface area contributed by atoms with Crippen molar-refractivity contribution in [2.45, 2.75) is 12.5 Å². The van der Waals surface area contributed by atoms with Gasteiger partial charge in [0, 0.05) is 12.1 Å². The average molecular weight is 229 g/mol. The average Bonchev–Trinajstić information content (AvgIpc) is 2.16. The van der Waals surface area contributed by atoms with Crippen LogP contribution in [-0.2, 0) is 4.79 Å². The van der Waals surface area contributed by atoms with Gasteiger partial charge in [0.15, 0.2) is 0 Å². The molecule has 1 aliphatic heterocycles. The number of nitrogens with zero attached hydrogens (tertiary/aromatic N) is 1. The second-order valence-electron chi connectivity index (χ2n) is 3.51. The summed E-state index contributed by atoms with van der Waals surface area (Å²) in [5.74, 6) is -1.13. The van der Waals surface area contributed by atoms with E-state index in [1.54, 1.807) is 24.3 Å². The van der Waals surface area contributed by atoms with E-state index in [1.807, 2.05) is 6.07 Å². The van der Waals surface area contributed by atoms with Crippen LogP contribution in [0.1, 0.15) is 18.2 Å². The van der Waals surface area contributed by atoms with Gasteiger partial charge in [-0.1, -0.05) is 18.2 Å². The van der Waals surface area contributed by atoms with Gasteiger partial charge in [0.1, 0.15) is 6.04 Å². The van der Waals surface area contributed by atoms with Gasteiger partial charge in [-0.05, 0) is 18.6 Å². The van der Waals surface area contributed by atoms with Crippen LogP contribution in [0.15, 0.2) is 30.3 Å². The molecule has 1 heterocycles. The van der Waals surface area contributed by atoms with Gasteiger partial charge in [-0.15, -0.1) is 0 Å². The fraction of sp³-hybridized carbons (Fsp3) is 0.273. The number of likely N-dealkylation sites (tertiary alicyclic amines) is 1. The third-order valence-electron chi connectivity index (χ3n) is 2.59. The molecule has 5 heteroatoms. The van der Waals surface area contributed by atoms with Crippen LogP contribution in [0.25, 0.3) is 0 Å². The van der Waals surface area contributed by atoms with Crippen LogP contribution in [0.3, 0.4) is 0 Å². The first-order valence-corrected chi connectivity index (χ1v) is 4.79. The molecule has 0 radical (unpaired) electrons. The fourth-order valence-corrected chi connectivity index (χ4v) is 1.63. The molecule has 1 unspecified atom stereocenters. The third-order valence-corrected chi connectivity index (χ3v) is 2.59. The molecule has 0 aliphatic carbocycles. The molecule has 0 aromatic heterocycles. The molecule has 0 saturated carbocycles. The Morgan fingerprint density at radius 3 is 2.38 bits per heavy atom. The molecular weight excluding hydrogens is 217 g/mol. The molecular formula is C11H12NNaO3. The maximum absolute atomic E-state index is 11.8. The first-order valence-electron chi connectivity index (χ1n) is 4.79. The molecule has 2 rings (SSSR count). The van der Waals surface area contributed by atoms with Crippen LogP contribution < -0.4 is 29.6 Å². The van der Waals surface area contributed by atoms with Crippen LogP contribution in [0.4, 0.5) is 0 Å². The van der Waals surface area contributed by atoms with Crippen molar-refractivity contribution in [1.82, 2.24) is 4.90 Å². The number of carboxylic acids is 1. The molecule has 4 nitrogen and oxygen atoms in total. The summed E-state index contributed by atoms with van der Waals surface area (Å²) >= 11 is 0. The Bertz CT molecular complexity index is 399. The molecule has 1 fully saturated rings. The number of hydrogen-bond acceptors (Lipinski definition) is 2. The Morgan fingerprint density at radius 1 is 1.31 bits per heavy atom. The molecule has 1 amide bonds. The molecule has 16 heavy (non-hydrogen) atoms. The number of hydrogen-bond donors (Lipinski definition) is 1. The SMILES string of the molecule is O=C(O)C1CCN1C(=O)c1ccccc1.[H-].[Na+]. The summed E-state index contributed by atoms with van der Waals surface area (Å²) in [7, 11) is 0. The fourth-order valence-electron chi connectivity index (χ4n) is 1.63. The summed E-state index contributed by atoms with van der Waals surface area (Å²) in [6.45, 7) is 0.532. The zero-order chi connectivity index (χ0) is 10.8. The second-order valence-corrected chi connectivity index (χ2v) is 3.51. The molecule has 0 spiro atoms. The maximum Gasteiger partial charge on any atom is 1.00 e. The molecule has 80 valence electrons. The molecule has 1 aliphatic rings. The number of amides is 1. The number of carboxylic acid groups (broad SMARTS) is 1. The van der Waals surface area contributed by atoms with E-state index in [1.165, 1.54) is 4.90 Å². The summed E-state index contributed by atoms with van der Waals surface area (Å²) in [4.78, 5) is 23.9. The van der Waals surface area contributed by atoms with Gasteiger partial charge in [-0.25, -0.2) is 4.79 Å². The summed E-state index contributed by atoms with van der Waals surface area (Å²) < 4.78 is 0. The Kier molecular flexibility index (Phi) is 4.53. The second kappa shape index (κ2) is 5.48. The molecule has 1 N–H and O–H groups in total. The van der Waals surface area contributed by atoms with Gasteiger partial charge in [0.2, 0.25) is 0 Å². The monoisotopic (exact) mass is 229 g/mol. The molecule has 1 atom stereocenters. The number of benzene rings is 1. The number of rotatable bonds is 2. The quantitative estimate of drug-likeness (QED) is 0.603. The maximum atomic E-state index is 11.8. The van der Waals surface area contributed by atoms with E-state index in [0.29, 0.717) is 18.5 Å². The van der Waals surface area contributed by atoms with Crippen molar-refractivity contribution < 1.29 is 45.7 Å². The first kappa shape index (κ1) is 13.2. The summed E-state index contributed by atoms with van der Waals surface area (Å²) in [6, 6.07) is 8.10. The zero-order valence-corrected chi connectivity index (χ0v) is 11.1. The van der Waals surface area contributed by atoms with Crippen LogP contribution in [0, 0.1) is 0 Å². The molecule has 1 saturated heterocycles. The van der Waals surface area contributed by atoms with Gasteiger partial charge in [-0.3, -0.25) is 4.79 Å². The molecule has 1 aromatic rings. The van der Waals surface area contributed by atoms with Crippen molar-refractivity contribution in [2.24, 2.45) is 0 Å². The first-order chi connectivity index (χ1) is 7.20. The van der Waals surface area contributed by atoms with E-state index in [4.69, 9.17) is 5.11 Å². The van der Waals surface area contributed by atoms with Gasteiger partial charge in [0.25, 0.3) is 5.91 Å². The molecule has 0 bridgehead atoms. The minimum Gasteiger partial charge on any atom is -1.00 e. The standard InChI is InChI=1S/C11H11NO3.Na.H/c13-10(8-4-2-1-3-5-8)12-7-6-9(12)11(14)15;;/h1-5,9H,6-7H2,(H,14,15);;/q;+1;-1. The van der Waals surface area contributed by atoms with Crippen molar-refractivity contribution in [1.29, 1.82) is 0 Å². The number of carbonyl (C=O) groups excluding carboxylic acids is 1. The number of aliphatic carboxylic acids is 1. The Balaban J connectivity index is 0.00000128. The van der Waals surface area contributed by atoms with Gasteiger partial charge in [-0.2, -0.15) is 0 Å². The third kappa shape index (κ3) is 2.45.